The van der Waals surface area contributed by atoms with Gasteiger partial charge in [0.25, 0.3) is 10.1 Å². The predicted molar refractivity (Wildman–Crippen MR) is 56.1 cm³/mol. The molecule has 0 amide bonds. The molecule has 1 aromatic heterocycles. The van der Waals surface area contributed by atoms with Gasteiger partial charge in [0.15, 0.2) is 0 Å². The second-order valence-electron chi connectivity index (χ2n) is 2.84. The Morgan fingerprint density at radius 2 is 2.00 bits per heavy atom. The van der Waals surface area contributed by atoms with Gasteiger partial charge in [0, 0.05) is 20.3 Å². The van der Waals surface area contributed by atoms with Crippen molar-refractivity contribution < 1.29 is 13.0 Å². The molecule has 0 aliphatic carbocycles. The first-order chi connectivity index (χ1) is 6.34. The van der Waals surface area contributed by atoms with E-state index in [1.807, 2.05) is 0 Å². The highest BCUT2D eigenvalue weighted by atomic mass is 79.9. The van der Waals surface area contributed by atoms with Gasteiger partial charge in [-0.3, -0.25) is 9.54 Å². The van der Waals surface area contributed by atoms with Crippen LogP contribution in [0.3, 0.4) is 0 Å². The summed E-state index contributed by atoms with van der Waals surface area (Å²) in [6.45, 7) is 0. The zero-order chi connectivity index (χ0) is 10.9. The number of anilines is 1. The maximum Gasteiger partial charge on any atom is 0.298 e. The van der Waals surface area contributed by atoms with Gasteiger partial charge in [-0.1, -0.05) is 0 Å². The fourth-order valence-electron chi connectivity index (χ4n) is 1.03. The SMILES string of the molecule is CN(C)c1c(Br)cncc1S(=O)(=O)O. The van der Waals surface area contributed by atoms with Crippen LogP contribution in [-0.4, -0.2) is 32.0 Å². The Morgan fingerprint density at radius 1 is 1.43 bits per heavy atom. The van der Waals surface area contributed by atoms with E-state index in [9.17, 15) is 8.42 Å². The van der Waals surface area contributed by atoms with Crippen LogP contribution in [0.15, 0.2) is 21.8 Å². The van der Waals surface area contributed by atoms with E-state index in [-0.39, 0.29) is 4.90 Å². The lowest BCUT2D eigenvalue weighted by Crippen LogP contribution is -2.14. The quantitative estimate of drug-likeness (QED) is 0.824. The molecule has 1 heterocycles. The third-order valence-corrected chi connectivity index (χ3v) is 3.00. The predicted octanol–water partition coefficient (Wildman–Crippen LogP) is 1.16. The van der Waals surface area contributed by atoms with E-state index < -0.39 is 10.1 Å². The van der Waals surface area contributed by atoms with Crippen molar-refractivity contribution in [2.75, 3.05) is 19.0 Å². The maximum absolute atomic E-state index is 11.0. The standard InChI is InChI=1S/C7H9BrN2O3S/c1-10(2)7-5(8)3-9-4-6(7)14(11,12)13/h3-4H,1-2H3,(H,11,12,13). The van der Waals surface area contributed by atoms with Crippen LogP contribution in [-0.2, 0) is 10.1 Å². The third kappa shape index (κ3) is 2.23. The van der Waals surface area contributed by atoms with E-state index >= 15 is 0 Å². The lowest BCUT2D eigenvalue weighted by molar-refractivity contribution is 0.483. The summed E-state index contributed by atoms with van der Waals surface area (Å²) in [6, 6.07) is 0. The molecule has 78 valence electrons. The van der Waals surface area contributed by atoms with Crippen LogP contribution in [0, 0.1) is 0 Å². The molecule has 0 aliphatic rings. The smallest absolute Gasteiger partial charge is 0.298 e. The van der Waals surface area contributed by atoms with E-state index in [4.69, 9.17) is 4.55 Å². The highest BCUT2D eigenvalue weighted by molar-refractivity contribution is 9.10. The van der Waals surface area contributed by atoms with Crippen LogP contribution in [0.4, 0.5) is 5.69 Å². The van der Waals surface area contributed by atoms with Crippen molar-refractivity contribution in [3.8, 4) is 0 Å². The topological polar surface area (TPSA) is 70.5 Å². The number of halogens is 1. The van der Waals surface area contributed by atoms with Crippen LogP contribution in [0.1, 0.15) is 0 Å². The summed E-state index contributed by atoms with van der Waals surface area (Å²) >= 11 is 3.16. The first-order valence-corrected chi connectivity index (χ1v) is 5.85. The third-order valence-electron chi connectivity index (χ3n) is 1.56. The number of pyridine rings is 1. The Balaban J connectivity index is 3.52. The molecule has 1 rings (SSSR count). The lowest BCUT2D eigenvalue weighted by Gasteiger charge is -2.16. The van der Waals surface area contributed by atoms with E-state index in [2.05, 4.69) is 20.9 Å². The minimum absolute atomic E-state index is 0.211. The van der Waals surface area contributed by atoms with E-state index in [1.54, 1.807) is 19.0 Å². The largest absolute Gasteiger partial charge is 0.376 e. The van der Waals surface area contributed by atoms with Crippen molar-refractivity contribution in [1.82, 2.24) is 4.98 Å². The van der Waals surface area contributed by atoms with Crippen molar-refractivity contribution >= 4 is 31.7 Å². The molecule has 7 heteroatoms. The minimum atomic E-state index is -4.24. The van der Waals surface area contributed by atoms with Gasteiger partial charge in [-0.15, -0.1) is 0 Å². The minimum Gasteiger partial charge on any atom is -0.376 e. The Hall–Kier alpha value is -0.660. The monoisotopic (exact) mass is 280 g/mol. The Kier molecular flexibility index (Phi) is 3.13. The van der Waals surface area contributed by atoms with Crippen LogP contribution in [0.25, 0.3) is 0 Å². The van der Waals surface area contributed by atoms with Crippen LogP contribution in [0.5, 0.6) is 0 Å². The number of nitrogens with zero attached hydrogens (tertiary/aromatic N) is 2. The molecule has 0 atom stereocenters. The van der Waals surface area contributed by atoms with E-state index in [1.165, 1.54) is 6.20 Å². The van der Waals surface area contributed by atoms with Gasteiger partial charge in [0.05, 0.1) is 16.4 Å². The van der Waals surface area contributed by atoms with E-state index in [0.29, 0.717) is 10.2 Å². The number of hydrogen-bond acceptors (Lipinski definition) is 4. The van der Waals surface area contributed by atoms with Crippen molar-refractivity contribution in [2.45, 2.75) is 4.90 Å². The Labute approximate surface area is 90.6 Å². The molecule has 0 aliphatic heterocycles. The zero-order valence-electron chi connectivity index (χ0n) is 7.60. The molecule has 0 radical (unpaired) electrons. The van der Waals surface area contributed by atoms with Crippen molar-refractivity contribution in [2.24, 2.45) is 0 Å². The van der Waals surface area contributed by atoms with Crippen LogP contribution < -0.4 is 4.90 Å². The maximum atomic E-state index is 11.0. The number of rotatable bonds is 2. The summed E-state index contributed by atoms with van der Waals surface area (Å²) in [5.41, 5.74) is 0.377. The second-order valence-corrected chi connectivity index (χ2v) is 5.08. The molecule has 0 saturated heterocycles. The van der Waals surface area contributed by atoms with Gasteiger partial charge in [-0.05, 0) is 15.9 Å². The lowest BCUT2D eigenvalue weighted by atomic mass is 10.4. The molecule has 5 nitrogen and oxygen atoms in total. The van der Waals surface area contributed by atoms with E-state index in [0.717, 1.165) is 6.20 Å². The average Bonchev–Trinajstić information content (AvgIpc) is 2.01. The van der Waals surface area contributed by atoms with Gasteiger partial charge in [-0.25, -0.2) is 0 Å². The fraction of sp³-hybridized carbons (Fsp3) is 0.286. The summed E-state index contributed by atoms with van der Waals surface area (Å²) in [4.78, 5) is 5.05. The first-order valence-electron chi connectivity index (χ1n) is 3.62. The van der Waals surface area contributed by atoms with Gasteiger partial charge >= 0.3 is 0 Å². The molecule has 0 saturated carbocycles. The molecule has 0 bridgehead atoms. The zero-order valence-corrected chi connectivity index (χ0v) is 10.0. The normalized spacial score (nSPS) is 11.4. The molecule has 0 fully saturated rings. The molecule has 0 aromatic carbocycles. The fourth-order valence-corrected chi connectivity index (χ4v) is 2.58. The summed E-state index contributed by atoms with van der Waals surface area (Å²) < 4.78 is 31.4. The highest BCUT2D eigenvalue weighted by Gasteiger charge is 2.19. The van der Waals surface area contributed by atoms with Crippen LogP contribution in [0.2, 0.25) is 0 Å². The summed E-state index contributed by atoms with van der Waals surface area (Å²) in [7, 11) is -0.884. The molecule has 1 N–H and O–H groups in total. The van der Waals surface area contributed by atoms with Gasteiger partial charge in [-0.2, -0.15) is 8.42 Å². The first kappa shape index (κ1) is 11.4. The summed E-state index contributed by atoms with van der Waals surface area (Å²) in [5, 5.41) is 0. The van der Waals surface area contributed by atoms with Crippen LogP contribution >= 0.6 is 15.9 Å². The second kappa shape index (κ2) is 3.84. The van der Waals surface area contributed by atoms with Crippen molar-refractivity contribution in [3.05, 3.63) is 16.9 Å². The molecular weight excluding hydrogens is 272 g/mol. The van der Waals surface area contributed by atoms with Crippen molar-refractivity contribution in [1.29, 1.82) is 0 Å². The summed E-state index contributed by atoms with van der Waals surface area (Å²) in [5.74, 6) is 0. The summed E-state index contributed by atoms with van der Waals surface area (Å²) in [6.07, 6.45) is 2.57. The van der Waals surface area contributed by atoms with Gasteiger partial charge in [0.1, 0.15) is 4.90 Å². The molecule has 14 heavy (non-hydrogen) atoms. The van der Waals surface area contributed by atoms with Crippen molar-refractivity contribution in [3.63, 3.8) is 0 Å². The van der Waals surface area contributed by atoms with Gasteiger partial charge in [0.2, 0.25) is 0 Å². The Bertz CT molecular complexity index is 444. The molecular formula is C7H9BrN2O3S. The number of hydrogen-bond donors (Lipinski definition) is 1. The number of aromatic nitrogens is 1. The molecule has 0 spiro atoms. The van der Waals surface area contributed by atoms with Gasteiger partial charge < -0.3 is 4.90 Å². The average molecular weight is 281 g/mol. The highest BCUT2D eigenvalue weighted by Crippen LogP contribution is 2.30. The molecule has 0 unspecified atom stereocenters. The molecule has 1 aromatic rings. The Morgan fingerprint density at radius 3 is 2.36 bits per heavy atom.